The summed E-state index contributed by atoms with van der Waals surface area (Å²) in [5.41, 5.74) is 0.827. The molecule has 1 aromatic rings. The first-order valence-corrected chi connectivity index (χ1v) is 7.82. The number of nitrogens with one attached hydrogen (secondary N) is 2. The number of pyridine rings is 1. The normalized spacial score (nSPS) is 22.7. The first-order valence-electron chi connectivity index (χ1n) is 6.66. The highest BCUT2D eigenvalue weighted by molar-refractivity contribution is 7.99. The van der Waals surface area contributed by atoms with Crippen LogP contribution in [0.25, 0.3) is 0 Å². The molecule has 0 spiro atoms. The maximum atomic E-state index is 12.1. The highest BCUT2D eigenvalue weighted by atomic mass is 32.2. The summed E-state index contributed by atoms with van der Waals surface area (Å²) in [5.74, 6) is 2.63. The Balaban J connectivity index is 1.74. The Kier molecular flexibility index (Phi) is 3.89. The monoisotopic (exact) mass is 278 g/mol. The lowest BCUT2D eigenvalue weighted by Gasteiger charge is -2.20. The third-order valence-corrected chi connectivity index (χ3v) is 4.42. The van der Waals surface area contributed by atoms with E-state index in [1.54, 1.807) is 18.0 Å². The molecule has 0 bridgehead atoms. The van der Waals surface area contributed by atoms with Crippen molar-refractivity contribution >= 4 is 29.2 Å². The number of carbonyl (C=O) groups excluding carboxylic acids is 1. The van der Waals surface area contributed by atoms with E-state index >= 15 is 0 Å². The summed E-state index contributed by atoms with van der Waals surface area (Å²) in [6.07, 6.45) is 4.18. The highest BCUT2D eigenvalue weighted by Gasteiger charge is 2.24. The van der Waals surface area contributed by atoms with E-state index < -0.39 is 0 Å². The maximum absolute atomic E-state index is 12.1. The van der Waals surface area contributed by atoms with E-state index in [0.29, 0.717) is 0 Å². The lowest BCUT2D eigenvalue weighted by Crippen LogP contribution is -2.38. The average Bonchev–Trinajstić information content (AvgIpc) is 3.13. The molecule has 6 heteroatoms. The lowest BCUT2D eigenvalue weighted by molar-refractivity contribution is -0.117. The Morgan fingerprint density at radius 3 is 3.05 bits per heavy atom. The molecule has 5 nitrogen and oxygen atoms in total. The second-order valence-corrected chi connectivity index (χ2v) is 5.86. The third-order valence-electron chi connectivity index (χ3n) is 3.48. The first-order chi connectivity index (χ1) is 9.34. The highest BCUT2D eigenvalue weighted by Crippen LogP contribution is 2.26. The average molecular weight is 278 g/mol. The van der Waals surface area contributed by atoms with Gasteiger partial charge in [0, 0.05) is 30.9 Å². The number of aromatic nitrogens is 1. The van der Waals surface area contributed by atoms with Gasteiger partial charge < -0.3 is 10.2 Å². The molecule has 3 heterocycles. The van der Waals surface area contributed by atoms with Crippen LogP contribution in [0.2, 0.25) is 0 Å². The minimum absolute atomic E-state index is 0.0402. The summed E-state index contributed by atoms with van der Waals surface area (Å²) in [5, 5.41) is 6.19. The first kappa shape index (κ1) is 12.7. The summed E-state index contributed by atoms with van der Waals surface area (Å²) in [7, 11) is 0. The molecule has 0 aromatic carbocycles. The molecule has 0 aliphatic carbocycles. The van der Waals surface area contributed by atoms with Gasteiger partial charge in [-0.25, -0.2) is 4.98 Å². The van der Waals surface area contributed by atoms with E-state index in [-0.39, 0.29) is 11.9 Å². The fourth-order valence-electron chi connectivity index (χ4n) is 2.46. The predicted molar refractivity (Wildman–Crippen MR) is 78.6 cm³/mol. The zero-order valence-corrected chi connectivity index (χ0v) is 11.6. The smallest absolute Gasteiger partial charge is 0.242 e. The Morgan fingerprint density at radius 1 is 1.47 bits per heavy atom. The van der Waals surface area contributed by atoms with Gasteiger partial charge in [0.15, 0.2) is 5.82 Å². The summed E-state index contributed by atoms with van der Waals surface area (Å²) in [4.78, 5) is 18.8. The van der Waals surface area contributed by atoms with Crippen molar-refractivity contribution in [1.29, 1.82) is 0 Å². The molecule has 2 saturated heterocycles. The van der Waals surface area contributed by atoms with Gasteiger partial charge >= 0.3 is 0 Å². The van der Waals surface area contributed by atoms with Gasteiger partial charge in [-0.3, -0.25) is 10.1 Å². The molecule has 1 amide bonds. The zero-order valence-electron chi connectivity index (χ0n) is 10.8. The van der Waals surface area contributed by atoms with Crippen molar-refractivity contribution in [2.75, 3.05) is 34.9 Å². The van der Waals surface area contributed by atoms with Crippen LogP contribution in [0.5, 0.6) is 0 Å². The minimum Gasteiger partial charge on any atom is -0.355 e. The molecule has 2 aliphatic rings. The van der Waals surface area contributed by atoms with Gasteiger partial charge in [-0.1, -0.05) is 0 Å². The number of anilines is 2. The molecule has 1 unspecified atom stereocenters. The van der Waals surface area contributed by atoms with Crippen molar-refractivity contribution < 1.29 is 4.79 Å². The Hall–Kier alpha value is -1.27. The van der Waals surface area contributed by atoms with Crippen molar-refractivity contribution in [3.8, 4) is 0 Å². The second kappa shape index (κ2) is 5.79. The van der Waals surface area contributed by atoms with Gasteiger partial charge in [0.25, 0.3) is 0 Å². The number of carbonyl (C=O) groups is 1. The van der Waals surface area contributed by atoms with Crippen LogP contribution < -0.4 is 15.5 Å². The van der Waals surface area contributed by atoms with E-state index in [0.717, 1.165) is 36.2 Å². The van der Waals surface area contributed by atoms with Gasteiger partial charge in [-0.2, -0.15) is 0 Å². The van der Waals surface area contributed by atoms with Gasteiger partial charge in [-0.05, 0) is 25.0 Å². The Bertz CT molecular complexity index is 456. The van der Waals surface area contributed by atoms with Crippen molar-refractivity contribution in [2.45, 2.75) is 18.9 Å². The van der Waals surface area contributed by atoms with Crippen molar-refractivity contribution in [2.24, 2.45) is 0 Å². The fraction of sp³-hybridized carbons (Fsp3) is 0.538. The quantitative estimate of drug-likeness (QED) is 0.872. The molecule has 2 N–H and O–H groups in total. The van der Waals surface area contributed by atoms with Crippen LogP contribution in [-0.2, 0) is 4.79 Å². The summed E-state index contributed by atoms with van der Waals surface area (Å²) in [6, 6.07) is 3.71. The summed E-state index contributed by atoms with van der Waals surface area (Å²) in [6.45, 7) is 2.05. The molecule has 0 saturated carbocycles. The van der Waals surface area contributed by atoms with Gasteiger partial charge in [0.05, 0.1) is 11.7 Å². The molecular weight excluding hydrogens is 260 g/mol. The number of amides is 1. The van der Waals surface area contributed by atoms with Crippen LogP contribution in [0.1, 0.15) is 12.8 Å². The molecule has 1 aromatic heterocycles. The van der Waals surface area contributed by atoms with Crippen LogP contribution in [0.3, 0.4) is 0 Å². The van der Waals surface area contributed by atoms with E-state index in [4.69, 9.17) is 0 Å². The van der Waals surface area contributed by atoms with Crippen LogP contribution >= 0.6 is 11.8 Å². The largest absolute Gasteiger partial charge is 0.355 e. The van der Waals surface area contributed by atoms with Gasteiger partial charge in [0.2, 0.25) is 5.91 Å². The zero-order chi connectivity index (χ0) is 13.1. The van der Waals surface area contributed by atoms with E-state index in [9.17, 15) is 4.79 Å². The molecule has 19 heavy (non-hydrogen) atoms. The Labute approximate surface area is 117 Å². The second-order valence-electron chi connectivity index (χ2n) is 4.83. The number of thioether (sulfide) groups is 1. The maximum Gasteiger partial charge on any atom is 0.242 e. The van der Waals surface area contributed by atoms with E-state index in [1.165, 1.54) is 12.8 Å². The van der Waals surface area contributed by atoms with Crippen molar-refractivity contribution in [3.05, 3.63) is 18.3 Å². The van der Waals surface area contributed by atoms with Crippen LogP contribution in [0, 0.1) is 0 Å². The van der Waals surface area contributed by atoms with Gasteiger partial charge in [0.1, 0.15) is 0 Å². The van der Waals surface area contributed by atoms with E-state index in [1.807, 2.05) is 12.1 Å². The number of rotatable bonds is 3. The molecule has 2 fully saturated rings. The predicted octanol–water partition coefficient (Wildman–Crippen LogP) is 1.28. The van der Waals surface area contributed by atoms with Crippen molar-refractivity contribution in [3.63, 3.8) is 0 Å². The van der Waals surface area contributed by atoms with Crippen molar-refractivity contribution in [1.82, 2.24) is 10.3 Å². The Morgan fingerprint density at radius 2 is 2.32 bits per heavy atom. The van der Waals surface area contributed by atoms with E-state index in [2.05, 4.69) is 20.5 Å². The summed E-state index contributed by atoms with van der Waals surface area (Å²) >= 11 is 1.75. The standard InChI is InChI=1S/C13H18N4OS/c18-13(11-8-19-9-15-11)16-10-4-3-5-14-12(10)17-6-1-2-7-17/h3-5,11,15H,1-2,6-9H2,(H,16,18). The topological polar surface area (TPSA) is 57.3 Å². The lowest BCUT2D eigenvalue weighted by atomic mass is 10.3. The third kappa shape index (κ3) is 2.84. The minimum atomic E-state index is -0.0864. The number of hydrogen-bond donors (Lipinski definition) is 2. The van der Waals surface area contributed by atoms with Crippen LogP contribution in [0.4, 0.5) is 11.5 Å². The fourth-order valence-corrected chi connectivity index (χ4v) is 3.40. The molecular formula is C13H18N4OS. The van der Waals surface area contributed by atoms with Gasteiger partial charge in [-0.15, -0.1) is 11.8 Å². The SMILES string of the molecule is O=C(Nc1cccnc1N1CCCC1)C1CSCN1. The number of hydrogen-bond acceptors (Lipinski definition) is 5. The van der Waals surface area contributed by atoms with Crippen LogP contribution in [-0.4, -0.2) is 41.7 Å². The molecule has 1 atom stereocenters. The summed E-state index contributed by atoms with van der Waals surface area (Å²) < 4.78 is 0. The molecule has 0 radical (unpaired) electrons. The van der Waals surface area contributed by atoms with Crippen LogP contribution in [0.15, 0.2) is 18.3 Å². The molecule has 3 rings (SSSR count). The molecule has 2 aliphatic heterocycles. The number of nitrogens with zero attached hydrogens (tertiary/aromatic N) is 2. The molecule has 102 valence electrons.